The van der Waals surface area contributed by atoms with E-state index in [1.807, 2.05) is 18.2 Å². The Morgan fingerprint density at radius 1 is 0.875 bits per heavy atom. The number of hydrogen-bond donors (Lipinski definition) is 0. The quantitative estimate of drug-likeness (QED) is 0.448. The summed E-state index contributed by atoms with van der Waals surface area (Å²) in [6.07, 6.45) is 0. The molecule has 0 aromatic heterocycles. The number of para-hydroxylation sites is 1. The molecule has 0 fully saturated rings. The van der Waals surface area contributed by atoms with E-state index in [1.54, 1.807) is 0 Å². The van der Waals surface area contributed by atoms with Gasteiger partial charge >= 0.3 is 18.9 Å². The van der Waals surface area contributed by atoms with E-state index < -0.39 is 0 Å². The van der Waals surface area contributed by atoms with Gasteiger partial charge in [-0.05, 0) is 0 Å². The van der Waals surface area contributed by atoms with Crippen molar-refractivity contribution in [3.63, 3.8) is 0 Å². The van der Waals surface area contributed by atoms with Gasteiger partial charge < -0.3 is 4.79 Å². The topological polar surface area (TPSA) is 17.1 Å². The molecule has 1 nitrogen and oxygen atoms in total. The van der Waals surface area contributed by atoms with E-state index in [9.17, 15) is 4.79 Å². The summed E-state index contributed by atoms with van der Waals surface area (Å²) in [5.74, 6) is 0. The van der Waals surface area contributed by atoms with Crippen LogP contribution in [0.2, 0.25) is 0 Å². The Bertz CT molecular complexity index is 367. The first-order chi connectivity index (χ1) is 6.64. The van der Waals surface area contributed by atoms with Crippen molar-refractivity contribution in [2.24, 2.45) is 0 Å². The molecule has 84 valence electrons. The van der Waals surface area contributed by atoms with Crippen molar-refractivity contribution in [3.8, 4) is 0 Å². The summed E-state index contributed by atoms with van der Waals surface area (Å²) < 4.78 is 0. The van der Waals surface area contributed by atoms with Crippen LogP contribution in [-0.4, -0.2) is 0 Å². The maximum atomic E-state index is 12.3. The van der Waals surface area contributed by atoms with E-state index in [0.29, 0.717) is 0 Å². The molecule has 2 heteroatoms. The van der Waals surface area contributed by atoms with Gasteiger partial charge in [-0.1, -0.05) is 52.4 Å². The van der Waals surface area contributed by atoms with Crippen molar-refractivity contribution in [1.29, 1.82) is 0 Å². The second kappa shape index (κ2) is 4.86. The van der Waals surface area contributed by atoms with Crippen LogP contribution in [0.25, 0.3) is 0 Å². The molecule has 0 spiro atoms. The Labute approximate surface area is 111 Å². The first-order valence-electron chi connectivity index (χ1n) is 5.45. The molecule has 1 aromatic rings. The molecule has 0 radical (unpaired) electrons. The van der Waals surface area contributed by atoms with Crippen molar-refractivity contribution < 1.29 is 18.9 Å². The van der Waals surface area contributed by atoms with E-state index in [0.717, 1.165) is 11.1 Å². The maximum Gasteiger partial charge on any atom is 1.00 e. The minimum atomic E-state index is -0.0711. The van der Waals surface area contributed by atoms with Crippen molar-refractivity contribution >= 4 is 0 Å². The maximum absolute atomic E-state index is 12.3. The van der Waals surface area contributed by atoms with Crippen LogP contribution in [0.15, 0.2) is 23.0 Å². The minimum Gasteiger partial charge on any atom is -0.318 e. The molecule has 0 amide bonds. The summed E-state index contributed by atoms with van der Waals surface area (Å²) in [7, 11) is 0. The average Bonchev–Trinajstić information content (AvgIpc) is 1.99. The summed E-state index contributed by atoms with van der Waals surface area (Å²) in [6, 6.07) is 5.87. The van der Waals surface area contributed by atoms with E-state index in [2.05, 4.69) is 41.5 Å². The van der Waals surface area contributed by atoms with Gasteiger partial charge in [0.15, 0.2) is 0 Å². The molecule has 0 heterocycles. The molecule has 0 bridgehead atoms. The smallest absolute Gasteiger partial charge is 0.318 e. The van der Waals surface area contributed by atoms with Crippen molar-refractivity contribution in [2.45, 2.75) is 52.4 Å². The molecule has 1 aromatic carbocycles. The summed E-state index contributed by atoms with van der Waals surface area (Å²) in [4.78, 5) is 12.3. The summed E-state index contributed by atoms with van der Waals surface area (Å²) in [5, 5.41) is 0. The van der Waals surface area contributed by atoms with Crippen LogP contribution in [-0.2, 0) is 10.8 Å². The molecule has 0 aliphatic rings. The van der Waals surface area contributed by atoms with Gasteiger partial charge in [-0.15, -0.1) is 11.1 Å². The molecule has 0 aliphatic heterocycles. The SMILES string of the molecule is CC(C)(C)c1c[cH-]cc(C(C)(C)C)c1=O.[Li+]. The van der Waals surface area contributed by atoms with Crippen LogP contribution in [0.5, 0.6) is 0 Å². The third kappa shape index (κ3) is 3.30. The average molecular weight is 212 g/mol. The van der Waals surface area contributed by atoms with Crippen molar-refractivity contribution in [2.75, 3.05) is 0 Å². The van der Waals surface area contributed by atoms with Crippen molar-refractivity contribution in [1.82, 2.24) is 0 Å². The van der Waals surface area contributed by atoms with E-state index in [4.69, 9.17) is 0 Å². The van der Waals surface area contributed by atoms with Gasteiger partial charge in [0.2, 0.25) is 0 Å². The normalized spacial score (nSPS) is 12.1. The second-order valence-corrected chi connectivity index (χ2v) is 6.18. The molecule has 0 aliphatic carbocycles. The summed E-state index contributed by atoms with van der Waals surface area (Å²) in [6.45, 7) is 12.5. The Morgan fingerprint density at radius 2 is 1.19 bits per heavy atom. The Hall–Kier alpha value is -0.383. The zero-order valence-corrected chi connectivity index (χ0v) is 11.6. The molecular formula is C14H21LiO. The van der Waals surface area contributed by atoms with Gasteiger partial charge in [-0.3, -0.25) is 0 Å². The van der Waals surface area contributed by atoms with Crippen LogP contribution in [0.1, 0.15) is 52.7 Å². The second-order valence-electron chi connectivity index (χ2n) is 6.18. The molecular weight excluding hydrogens is 191 g/mol. The predicted octanol–water partition coefficient (Wildman–Crippen LogP) is 0.365. The Kier molecular flexibility index (Phi) is 4.74. The fourth-order valence-electron chi connectivity index (χ4n) is 1.72. The largest absolute Gasteiger partial charge is 1.00 e. The van der Waals surface area contributed by atoms with Gasteiger partial charge in [0.05, 0.1) is 5.43 Å². The van der Waals surface area contributed by atoms with Crippen LogP contribution in [0.4, 0.5) is 0 Å². The fraction of sp³-hybridized carbons (Fsp3) is 0.571. The Balaban J connectivity index is 0.00000225. The van der Waals surface area contributed by atoms with Gasteiger partial charge in [0.25, 0.3) is 0 Å². The van der Waals surface area contributed by atoms with Gasteiger partial charge in [0, 0.05) is 0 Å². The number of rotatable bonds is 0. The number of hydrogen-bond acceptors (Lipinski definition) is 1. The van der Waals surface area contributed by atoms with Crippen LogP contribution in [0.3, 0.4) is 0 Å². The Morgan fingerprint density at radius 3 is 1.44 bits per heavy atom. The molecule has 1 rings (SSSR count). The van der Waals surface area contributed by atoms with Gasteiger partial charge in [-0.25, -0.2) is 0 Å². The van der Waals surface area contributed by atoms with E-state index >= 15 is 0 Å². The first-order valence-corrected chi connectivity index (χ1v) is 5.45. The molecule has 0 N–H and O–H groups in total. The summed E-state index contributed by atoms with van der Waals surface area (Å²) >= 11 is 0. The first kappa shape index (κ1) is 15.6. The third-order valence-corrected chi connectivity index (χ3v) is 2.63. The molecule has 0 atom stereocenters. The zero-order valence-electron chi connectivity index (χ0n) is 11.6. The van der Waals surface area contributed by atoms with E-state index in [1.165, 1.54) is 0 Å². The van der Waals surface area contributed by atoms with Gasteiger partial charge in [0.1, 0.15) is 0 Å². The molecule has 16 heavy (non-hydrogen) atoms. The fourth-order valence-corrected chi connectivity index (χ4v) is 1.72. The van der Waals surface area contributed by atoms with Crippen LogP contribution >= 0.6 is 0 Å². The predicted molar refractivity (Wildman–Crippen MR) is 65.7 cm³/mol. The van der Waals surface area contributed by atoms with Crippen LogP contribution in [0, 0.1) is 0 Å². The van der Waals surface area contributed by atoms with Gasteiger partial charge in [-0.2, -0.15) is 18.2 Å². The zero-order chi connectivity index (χ0) is 11.9. The standard InChI is InChI=1S/C14H21O.Li/c1-13(2,3)10-8-7-9-11(12(10)15)14(4,5)6;/h7-9H,1-6H3;/q-1;+1. The molecule has 0 saturated heterocycles. The summed E-state index contributed by atoms with van der Waals surface area (Å²) in [5.41, 5.74) is 1.89. The third-order valence-electron chi connectivity index (χ3n) is 2.63. The molecule has 0 unspecified atom stereocenters. The van der Waals surface area contributed by atoms with Crippen LogP contribution < -0.4 is 24.3 Å². The monoisotopic (exact) mass is 212 g/mol. The minimum absolute atomic E-state index is 0. The molecule has 0 saturated carbocycles. The number of benzene rings is 1. The van der Waals surface area contributed by atoms with E-state index in [-0.39, 0.29) is 35.1 Å². The van der Waals surface area contributed by atoms with Crippen molar-refractivity contribution in [3.05, 3.63) is 39.5 Å².